The lowest BCUT2D eigenvalue weighted by Gasteiger charge is -2.16. The van der Waals surface area contributed by atoms with Crippen molar-refractivity contribution in [2.45, 2.75) is 32.2 Å². The van der Waals surface area contributed by atoms with Crippen molar-refractivity contribution in [1.29, 1.82) is 0 Å². The standard InChI is InChI=1S/C8H16N2O/c1-7(9)4-6-10-5-2-3-8(10)11/h7H,2-6,9H2,1H3/t7-/m1/s1. The highest BCUT2D eigenvalue weighted by atomic mass is 16.2. The van der Waals surface area contributed by atoms with E-state index in [4.69, 9.17) is 5.73 Å². The molecule has 11 heavy (non-hydrogen) atoms. The third kappa shape index (κ3) is 2.50. The molecule has 0 spiro atoms. The number of carbonyl (C=O) groups is 1. The van der Waals surface area contributed by atoms with Gasteiger partial charge in [0.05, 0.1) is 0 Å². The average molecular weight is 156 g/mol. The van der Waals surface area contributed by atoms with E-state index >= 15 is 0 Å². The van der Waals surface area contributed by atoms with Crippen molar-refractivity contribution in [3.8, 4) is 0 Å². The molecule has 0 saturated carbocycles. The van der Waals surface area contributed by atoms with Gasteiger partial charge in [0.25, 0.3) is 0 Å². The molecular weight excluding hydrogens is 140 g/mol. The highest BCUT2D eigenvalue weighted by Crippen LogP contribution is 2.09. The Balaban J connectivity index is 2.20. The van der Waals surface area contributed by atoms with Crippen LogP contribution in [0, 0.1) is 0 Å². The third-order valence-corrected chi connectivity index (χ3v) is 2.03. The Hall–Kier alpha value is -0.570. The van der Waals surface area contributed by atoms with E-state index < -0.39 is 0 Å². The Morgan fingerprint density at radius 1 is 1.73 bits per heavy atom. The molecule has 0 aromatic carbocycles. The second kappa shape index (κ2) is 3.72. The van der Waals surface area contributed by atoms with E-state index in [2.05, 4.69) is 0 Å². The van der Waals surface area contributed by atoms with Gasteiger partial charge in [-0.05, 0) is 19.8 Å². The van der Waals surface area contributed by atoms with Crippen LogP contribution in [0.5, 0.6) is 0 Å². The second-order valence-corrected chi connectivity index (χ2v) is 3.25. The summed E-state index contributed by atoms with van der Waals surface area (Å²) in [6.45, 7) is 3.75. The molecule has 0 aliphatic carbocycles. The van der Waals surface area contributed by atoms with E-state index in [-0.39, 0.29) is 6.04 Å². The van der Waals surface area contributed by atoms with E-state index in [0.29, 0.717) is 5.91 Å². The molecule has 0 radical (unpaired) electrons. The van der Waals surface area contributed by atoms with Crippen molar-refractivity contribution in [2.24, 2.45) is 5.73 Å². The number of amides is 1. The van der Waals surface area contributed by atoms with E-state index in [9.17, 15) is 4.79 Å². The van der Waals surface area contributed by atoms with Gasteiger partial charge in [0.1, 0.15) is 0 Å². The molecule has 3 nitrogen and oxygen atoms in total. The maximum Gasteiger partial charge on any atom is 0.222 e. The van der Waals surface area contributed by atoms with Crippen LogP contribution in [0.2, 0.25) is 0 Å². The Morgan fingerprint density at radius 3 is 2.91 bits per heavy atom. The van der Waals surface area contributed by atoms with Crippen LogP contribution in [0.4, 0.5) is 0 Å². The summed E-state index contributed by atoms with van der Waals surface area (Å²) in [6.07, 6.45) is 2.68. The number of hydrogen-bond donors (Lipinski definition) is 1. The summed E-state index contributed by atoms with van der Waals surface area (Å²) in [5, 5.41) is 0. The predicted molar refractivity (Wildman–Crippen MR) is 44.1 cm³/mol. The molecule has 1 fully saturated rings. The quantitative estimate of drug-likeness (QED) is 0.640. The second-order valence-electron chi connectivity index (χ2n) is 3.25. The molecule has 3 heteroatoms. The van der Waals surface area contributed by atoms with Crippen LogP contribution in [0.1, 0.15) is 26.2 Å². The molecule has 1 saturated heterocycles. The summed E-state index contributed by atoms with van der Waals surface area (Å²) >= 11 is 0. The highest BCUT2D eigenvalue weighted by molar-refractivity contribution is 5.77. The van der Waals surface area contributed by atoms with Crippen LogP contribution in [-0.2, 0) is 4.79 Å². The Labute approximate surface area is 67.5 Å². The highest BCUT2D eigenvalue weighted by Gasteiger charge is 2.19. The first-order chi connectivity index (χ1) is 5.20. The number of nitrogens with two attached hydrogens (primary N) is 1. The minimum atomic E-state index is 0.211. The van der Waals surface area contributed by atoms with Crippen LogP contribution in [0.25, 0.3) is 0 Å². The molecule has 1 atom stereocenters. The lowest BCUT2D eigenvalue weighted by molar-refractivity contribution is -0.127. The van der Waals surface area contributed by atoms with Gasteiger partial charge in [0.2, 0.25) is 5.91 Å². The van der Waals surface area contributed by atoms with Gasteiger partial charge in [0, 0.05) is 25.6 Å². The number of hydrogen-bond acceptors (Lipinski definition) is 2. The van der Waals surface area contributed by atoms with Crippen molar-refractivity contribution in [2.75, 3.05) is 13.1 Å². The largest absolute Gasteiger partial charge is 0.343 e. The minimum Gasteiger partial charge on any atom is -0.343 e. The molecular formula is C8H16N2O. The zero-order chi connectivity index (χ0) is 8.27. The number of likely N-dealkylation sites (tertiary alicyclic amines) is 1. The van der Waals surface area contributed by atoms with Crippen molar-refractivity contribution in [3.63, 3.8) is 0 Å². The summed E-state index contributed by atoms with van der Waals surface area (Å²) in [5.74, 6) is 0.297. The third-order valence-electron chi connectivity index (χ3n) is 2.03. The first-order valence-corrected chi connectivity index (χ1v) is 4.23. The monoisotopic (exact) mass is 156 g/mol. The smallest absolute Gasteiger partial charge is 0.222 e. The lowest BCUT2D eigenvalue weighted by Crippen LogP contribution is -2.29. The van der Waals surface area contributed by atoms with E-state index in [1.54, 1.807) is 0 Å². The topological polar surface area (TPSA) is 46.3 Å². The van der Waals surface area contributed by atoms with Gasteiger partial charge in [-0.2, -0.15) is 0 Å². The zero-order valence-corrected chi connectivity index (χ0v) is 7.05. The van der Waals surface area contributed by atoms with Gasteiger partial charge in [-0.3, -0.25) is 4.79 Å². The zero-order valence-electron chi connectivity index (χ0n) is 7.05. The van der Waals surface area contributed by atoms with Crippen molar-refractivity contribution >= 4 is 5.91 Å². The molecule has 64 valence electrons. The van der Waals surface area contributed by atoms with Gasteiger partial charge < -0.3 is 10.6 Å². The molecule has 1 heterocycles. The fraction of sp³-hybridized carbons (Fsp3) is 0.875. The predicted octanol–water partition coefficient (Wildman–Crippen LogP) is 0.346. The number of rotatable bonds is 3. The van der Waals surface area contributed by atoms with Gasteiger partial charge in [-0.25, -0.2) is 0 Å². The molecule has 1 aliphatic rings. The Bertz CT molecular complexity index is 145. The van der Waals surface area contributed by atoms with Gasteiger partial charge >= 0.3 is 0 Å². The van der Waals surface area contributed by atoms with Crippen LogP contribution >= 0.6 is 0 Å². The van der Waals surface area contributed by atoms with Crippen LogP contribution in [-0.4, -0.2) is 29.9 Å². The summed E-state index contributed by atoms with van der Waals surface area (Å²) < 4.78 is 0. The Kier molecular flexibility index (Phi) is 2.88. The fourth-order valence-electron chi connectivity index (χ4n) is 1.30. The molecule has 0 aromatic heterocycles. The normalized spacial score (nSPS) is 20.9. The van der Waals surface area contributed by atoms with E-state index in [1.165, 1.54) is 0 Å². The first-order valence-electron chi connectivity index (χ1n) is 4.23. The molecule has 0 aromatic rings. The molecule has 2 N–H and O–H groups in total. The Morgan fingerprint density at radius 2 is 2.45 bits per heavy atom. The summed E-state index contributed by atoms with van der Waals surface area (Å²) in [5.41, 5.74) is 5.58. The minimum absolute atomic E-state index is 0.211. The van der Waals surface area contributed by atoms with Crippen molar-refractivity contribution < 1.29 is 4.79 Å². The van der Waals surface area contributed by atoms with E-state index in [0.717, 1.165) is 32.4 Å². The first kappa shape index (κ1) is 8.53. The van der Waals surface area contributed by atoms with Gasteiger partial charge in [-0.1, -0.05) is 0 Å². The van der Waals surface area contributed by atoms with Crippen molar-refractivity contribution in [3.05, 3.63) is 0 Å². The maximum absolute atomic E-state index is 11.1. The number of carbonyl (C=O) groups excluding carboxylic acids is 1. The average Bonchev–Trinajstić information content (AvgIpc) is 2.31. The molecule has 0 unspecified atom stereocenters. The van der Waals surface area contributed by atoms with Gasteiger partial charge in [0.15, 0.2) is 0 Å². The fourth-order valence-corrected chi connectivity index (χ4v) is 1.30. The van der Waals surface area contributed by atoms with E-state index in [1.807, 2.05) is 11.8 Å². The van der Waals surface area contributed by atoms with Crippen LogP contribution in [0.3, 0.4) is 0 Å². The summed E-state index contributed by atoms with van der Waals surface area (Å²) in [7, 11) is 0. The summed E-state index contributed by atoms with van der Waals surface area (Å²) in [6, 6.07) is 0.211. The molecule has 1 amide bonds. The maximum atomic E-state index is 11.1. The molecule has 0 bridgehead atoms. The number of nitrogens with zero attached hydrogens (tertiary/aromatic N) is 1. The van der Waals surface area contributed by atoms with Crippen LogP contribution in [0.15, 0.2) is 0 Å². The SMILES string of the molecule is C[C@@H](N)CCN1CCCC1=O. The van der Waals surface area contributed by atoms with Crippen LogP contribution < -0.4 is 5.73 Å². The van der Waals surface area contributed by atoms with Gasteiger partial charge in [-0.15, -0.1) is 0 Å². The molecule has 1 rings (SSSR count). The lowest BCUT2D eigenvalue weighted by atomic mass is 10.2. The molecule has 1 aliphatic heterocycles. The van der Waals surface area contributed by atoms with Crippen molar-refractivity contribution in [1.82, 2.24) is 4.90 Å². The summed E-state index contributed by atoms with van der Waals surface area (Å²) in [4.78, 5) is 13.0.